The fourth-order valence-electron chi connectivity index (χ4n) is 3.82. The lowest BCUT2D eigenvalue weighted by atomic mass is 9.86. The summed E-state index contributed by atoms with van der Waals surface area (Å²) in [5, 5.41) is 5.91. The molecule has 0 bridgehead atoms. The van der Waals surface area contributed by atoms with Gasteiger partial charge in [0.15, 0.2) is 11.5 Å². The Morgan fingerprint density at radius 3 is 2.29 bits per heavy atom. The summed E-state index contributed by atoms with van der Waals surface area (Å²) in [7, 11) is 3.07. The van der Waals surface area contributed by atoms with E-state index >= 15 is 0 Å². The van der Waals surface area contributed by atoms with E-state index in [4.69, 9.17) is 15.2 Å². The number of carbonyl (C=O) groups is 2. The Labute approximate surface area is 183 Å². The maximum absolute atomic E-state index is 12.5. The zero-order valence-electron chi connectivity index (χ0n) is 18.1. The van der Waals surface area contributed by atoms with Crippen molar-refractivity contribution in [2.24, 2.45) is 11.7 Å². The van der Waals surface area contributed by atoms with Crippen LogP contribution in [0.5, 0.6) is 11.5 Å². The van der Waals surface area contributed by atoms with Crippen LogP contribution in [0.25, 0.3) is 0 Å². The molecule has 2 amide bonds. The predicted octanol–water partition coefficient (Wildman–Crippen LogP) is 2.88. The third-order valence-electron chi connectivity index (χ3n) is 5.73. The lowest BCUT2D eigenvalue weighted by Crippen LogP contribution is -2.34. The molecule has 4 N–H and O–H groups in total. The summed E-state index contributed by atoms with van der Waals surface area (Å²) in [6.07, 6.45) is 4.17. The second kappa shape index (κ2) is 10.8. The average molecular weight is 426 g/mol. The van der Waals surface area contributed by atoms with E-state index in [-0.39, 0.29) is 11.8 Å². The third kappa shape index (κ3) is 6.21. The fraction of sp³-hybridized carbons (Fsp3) is 0.417. The van der Waals surface area contributed by atoms with E-state index in [1.807, 2.05) is 12.1 Å². The number of ether oxygens (including phenoxy) is 2. The molecule has 1 saturated carbocycles. The van der Waals surface area contributed by atoms with Crippen LogP contribution < -0.4 is 25.8 Å². The van der Waals surface area contributed by atoms with E-state index in [9.17, 15) is 9.59 Å². The van der Waals surface area contributed by atoms with Gasteiger partial charge in [-0.05, 0) is 67.5 Å². The van der Waals surface area contributed by atoms with Gasteiger partial charge in [0.05, 0.1) is 14.2 Å². The van der Waals surface area contributed by atoms with Gasteiger partial charge in [0.1, 0.15) is 0 Å². The van der Waals surface area contributed by atoms with Crippen molar-refractivity contribution in [2.75, 3.05) is 20.8 Å². The predicted molar refractivity (Wildman–Crippen MR) is 119 cm³/mol. The van der Waals surface area contributed by atoms with Gasteiger partial charge < -0.3 is 25.8 Å². The normalized spacial score (nSPS) is 18.2. The summed E-state index contributed by atoms with van der Waals surface area (Å²) >= 11 is 0. The average Bonchev–Trinajstić information content (AvgIpc) is 2.81. The quantitative estimate of drug-likeness (QED) is 0.604. The maximum Gasteiger partial charge on any atom is 0.251 e. The molecule has 2 aromatic carbocycles. The molecule has 0 aromatic heterocycles. The Morgan fingerprint density at radius 1 is 0.903 bits per heavy atom. The molecule has 0 aliphatic heterocycles. The highest BCUT2D eigenvalue weighted by atomic mass is 16.5. The molecule has 0 heterocycles. The van der Waals surface area contributed by atoms with Crippen LogP contribution in [0.3, 0.4) is 0 Å². The van der Waals surface area contributed by atoms with Crippen LogP contribution in [0.4, 0.5) is 0 Å². The second-order valence-corrected chi connectivity index (χ2v) is 7.94. The Balaban J connectivity index is 1.54. The fourth-order valence-corrected chi connectivity index (χ4v) is 3.82. The molecule has 0 radical (unpaired) electrons. The molecule has 1 aliphatic carbocycles. The van der Waals surface area contributed by atoms with Crippen molar-refractivity contribution in [1.29, 1.82) is 0 Å². The Bertz CT molecular complexity index is 907. The molecule has 7 heteroatoms. The highest BCUT2D eigenvalue weighted by Gasteiger charge is 2.19. The smallest absolute Gasteiger partial charge is 0.251 e. The number of benzene rings is 2. The van der Waals surface area contributed by atoms with Gasteiger partial charge in [-0.15, -0.1) is 0 Å². The monoisotopic (exact) mass is 425 g/mol. The van der Waals surface area contributed by atoms with Crippen LogP contribution >= 0.6 is 0 Å². The minimum Gasteiger partial charge on any atom is -0.493 e. The number of amides is 2. The number of methoxy groups -OCH3 is 2. The van der Waals surface area contributed by atoms with Crippen molar-refractivity contribution in [3.05, 3.63) is 59.2 Å². The van der Waals surface area contributed by atoms with Gasteiger partial charge in [-0.2, -0.15) is 0 Å². The zero-order valence-corrected chi connectivity index (χ0v) is 18.1. The summed E-state index contributed by atoms with van der Waals surface area (Å²) in [4.78, 5) is 25.1. The van der Waals surface area contributed by atoms with Gasteiger partial charge in [0.2, 0.25) is 0 Å². The van der Waals surface area contributed by atoms with Crippen LogP contribution in [-0.2, 0) is 6.54 Å². The summed E-state index contributed by atoms with van der Waals surface area (Å²) in [5.74, 6) is 1.23. The SMILES string of the molecule is COc1ccc(C(=O)NCc2cccc(C(=O)NC[C@H]3CC[C@H](N)CC3)c2)cc1OC. The van der Waals surface area contributed by atoms with Crippen molar-refractivity contribution < 1.29 is 19.1 Å². The molecule has 0 saturated heterocycles. The van der Waals surface area contributed by atoms with Crippen LogP contribution in [0.2, 0.25) is 0 Å². The number of carbonyl (C=O) groups excluding carboxylic acids is 2. The van der Waals surface area contributed by atoms with Crippen molar-refractivity contribution in [1.82, 2.24) is 10.6 Å². The van der Waals surface area contributed by atoms with Crippen LogP contribution in [0, 0.1) is 5.92 Å². The van der Waals surface area contributed by atoms with Gasteiger partial charge in [-0.1, -0.05) is 12.1 Å². The van der Waals surface area contributed by atoms with E-state index in [0.717, 1.165) is 31.2 Å². The minimum atomic E-state index is -0.230. The molecule has 1 aliphatic rings. The highest BCUT2D eigenvalue weighted by Crippen LogP contribution is 2.27. The first-order chi connectivity index (χ1) is 15.0. The molecule has 166 valence electrons. The Kier molecular flexibility index (Phi) is 7.89. The lowest BCUT2D eigenvalue weighted by Gasteiger charge is -2.26. The Morgan fingerprint density at radius 2 is 1.58 bits per heavy atom. The van der Waals surface area contributed by atoms with Gasteiger partial charge in [-0.3, -0.25) is 9.59 Å². The van der Waals surface area contributed by atoms with Crippen molar-refractivity contribution in [3.63, 3.8) is 0 Å². The van der Waals surface area contributed by atoms with Gasteiger partial charge in [-0.25, -0.2) is 0 Å². The molecule has 0 atom stereocenters. The van der Waals surface area contributed by atoms with Crippen LogP contribution in [-0.4, -0.2) is 38.6 Å². The van der Waals surface area contributed by atoms with E-state index in [1.165, 1.54) is 7.11 Å². The number of hydrogen-bond donors (Lipinski definition) is 3. The first-order valence-corrected chi connectivity index (χ1v) is 10.6. The molecule has 31 heavy (non-hydrogen) atoms. The van der Waals surface area contributed by atoms with Gasteiger partial charge >= 0.3 is 0 Å². The molecular formula is C24H31N3O4. The summed E-state index contributed by atoms with van der Waals surface area (Å²) in [6, 6.07) is 12.6. The Hall–Kier alpha value is -3.06. The lowest BCUT2D eigenvalue weighted by molar-refractivity contribution is 0.0940. The molecular weight excluding hydrogens is 394 g/mol. The van der Waals surface area contributed by atoms with Gasteiger partial charge in [0.25, 0.3) is 11.8 Å². The topological polar surface area (TPSA) is 103 Å². The largest absolute Gasteiger partial charge is 0.493 e. The molecule has 7 nitrogen and oxygen atoms in total. The molecule has 0 spiro atoms. The number of nitrogens with two attached hydrogens (primary N) is 1. The van der Waals surface area contributed by atoms with Crippen LogP contribution in [0.15, 0.2) is 42.5 Å². The first kappa shape index (κ1) is 22.6. The molecule has 2 aromatic rings. The summed E-state index contributed by atoms with van der Waals surface area (Å²) < 4.78 is 10.4. The molecule has 0 unspecified atom stereocenters. The van der Waals surface area contributed by atoms with Crippen molar-refractivity contribution in [3.8, 4) is 11.5 Å². The van der Waals surface area contributed by atoms with E-state index in [0.29, 0.717) is 47.7 Å². The van der Waals surface area contributed by atoms with Crippen molar-refractivity contribution in [2.45, 2.75) is 38.3 Å². The van der Waals surface area contributed by atoms with E-state index in [2.05, 4.69) is 10.6 Å². The number of nitrogens with one attached hydrogen (secondary N) is 2. The second-order valence-electron chi connectivity index (χ2n) is 7.94. The van der Waals surface area contributed by atoms with Gasteiger partial charge in [0, 0.05) is 30.3 Å². The first-order valence-electron chi connectivity index (χ1n) is 10.6. The van der Waals surface area contributed by atoms with Crippen molar-refractivity contribution >= 4 is 11.8 Å². The molecule has 3 rings (SSSR count). The third-order valence-corrected chi connectivity index (χ3v) is 5.73. The van der Waals surface area contributed by atoms with E-state index < -0.39 is 0 Å². The number of rotatable bonds is 8. The molecule has 1 fully saturated rings. The van der Waals surface area contributed by atoms with Crippen LogP contribution in [0.1, 0.15) is 52.0 Å². The zero-order chi connectivity index (χ0) is 22.2. The number of hydrogen-bond acceptors (Lipinski definition) is 5. The minimum absolute atomic E-state index is 0.0945. The highest BCUT2D eigenvalue weighted by molar-refractivity contribution is 5.95. The van der Waals surface area contributed by atoms with E-state index in [1.54, 1.807) is 37.4 Å². The summed E-state index contributed by atoms with van der Waals surface area (Å²) in [5.41, 5.74) is 7.86. The maximum atomic E-state index is 12.5. The standard InChI is InChI=1S/C24H31N3O4/c1-30-21-11-8-19(13-22(21)31-2)24(29)27-15-17-4-3-5-18(12-17)23(28)26-14-16-6-9-20(25)10-7-16/h3-5,8,11-13,16,20H,6-7,9-10,14-15,25H2,1-2H3,(H,26,28)(H,27,29)/t16-,20-. The summed E-state index contributed by atoms with van der Waals surface area (Å²) in [6.45, 7) is 0.987.